The minimum Gasteiger partial charge on any atom is -0.506 e. The minimum atomic E-state index is -1.77. The summed E-state index contributed by atoms with van der Waals surface area (Å²) in [6, 6.07) is 19.5. The first kappa shape index (κ1) is 35.6. The highest BCUT2D eigenvalue weighted by Crippen LogP contribution is 2.47. The van der Waals surface area contributed by atoms with Gasteiger partial charge in [-0.2, -0.15) is 0 Å². The molecule has 0 amide bonds. The number of aliphatic hydroxyl groups excluding tert-OH is 1. The van der Waals surface area contributed by atoms with E-state index in [1.807, 2.05) is 45.8 Å². The van der Waals surface area contributed by atoms with Crippen molar-refractivity contribution in [2.45, 2.75) is 63.0 Å². The number of phenolic OH excluding ortho intramolecular Hbond substituents is 1. The van der Waals surface area contributed by atoms with E-state index < -0.39 is 17.7 Å². The van der Waals surface area contributed by atoms with Crippen molar-refractivity contribution in [2.75, 3.05) is 26.2 Å². The van der Waals surface area contributed by atoms with Crippen molar-refractivity contribution in [3.63, 3.8) is 0 Å². The van der Waals surface area contributed by atoms with Crippen LogP contribution in [0.3, 0.4) is 0 Å². The van der Waals surface area contributed by atoms with Crippen LogP contribution in [-0.2, 0) is 28.2 Å². The van der Waals surface area contributed by atoms with Crippen LogP contribution in [-0.4, -0.2) is 78.4 Å². The molecule has 2 aliphatic rings. The van der Waals surface area contributed by atoms with Gasteiger partial charge in [0, 0.05) is 37.6 Å². The number of H-pyrrole nitrogens is 1. The molecule has 6 aromatic rings. The van der Waals surface area contributed by atoms with Crippen LogP contribution in [0, 0.1) is 5.41 Å². The highest BCUT2D eigenvalue weighted by Gasteiger charge is 2.49. The van der Waals surface area contributed by atoms with E-state index >= 15 is 0 Å². The van der Waals surface area contributed by atoms with Crippen LogP contribution in [0.1, 0.15) is 59.1 Å². The van der Waals surface area contributed by atoms with E-state index in [1.165, 1.54) is 34.8 Å². The van der Waals surface area contributed by atoms with E-state index in [9.17, 15) is 24.9 Å². The van der Waals surface area contributed by atoms with Gasteiger partial charge in [-0.25, -0.2) is 9.48 Å². The summed E-state index contributed by atoms with van der Waals surface area (Å²) in [4.78, 5) is 31.5. The van der Waals surface area contributed by atoms with Crippen LogP contribution in [0.5, 0.6) is 5.75 Å². The fraction of sp³-hybridized carbons (Fsp3) is 0.385. The summed E-state index contributed by atoms with van der Waals surface area (Å²) < 4.78 is 8.01. The van der Waals surface area contributed by atoms with Crippen molar-refractivity contribution < 1.29 is 24.9 Å². The Morgan fingerprint density at radius 3 is 2.66 bits per heavy atom. The number of nitrogens with zero attached hydrogens (tertiary/aromatic N) is 4. The number of carbonyl (C=O) groups is 1. The zero-order valence-corrected chi connectivity index (χ0v) is 30.7. The zero-order valence-electron chi connectivity index (χ0n) is 29.1. The molecule has 4 aromatic heterocycles. The molecule has 8 rings (SSSR count). The lowest BCUT2D eigenvalue weighted by atomic mass is 9.85. The van der Waals surface area contributed by atoms with Crippen LogP contribution in [0.25, 0.3) is 21.9 Å². The van der Waals surface area contributed by atoms with Gasteiger partial charge in [-0.1, -0.05) is 29.5 Å². The van der Waals surface area contributed by atoms with Crippen LogP contribution in [0.2, 0.25) is 0 Å². The van der Waals surface area contributed by atoms with Crippen LogP contribution in [0.4, 0.5) is 0 Å². The van der Waals surface area contributed by atoms with Crippen molar-refractivity contribution >= 4 is 50.6 Å². The van der Waals surface area contributed by atoms with Crippen LogP contribution < -0.4 is 10.9 Å². The van der Waals surface area contributed by atoms with E-state index in [4.69, 9.17) is 4.74 Å². The normalized spacial score (nSPS) is 19.8. The molecule has 2 unspecified atom stereocenters. The standard InChI is InChI=1S/C39H42N6O6S2/c46-31-10-7-27(28-8-11-35(48)41-36(28)31)32(47)23-40-22-25-6-9-30-29(20-25)42-43-45(30)16-3-15-44-17-14-38(24-44)13-12-26(21-38)51-37(49)39(50,33-4-1-18-52-33)34-5-2-19-53-34/h1-2,4-11,18-20,26,32,40,46-47,50H,3,12-17,21-24H2,(H,41,48)/t26?,32-,38?/m0/s1. The monoisotopic (exact) mass is 754 g/mol. The number of esters is 1. The number of ether oxygens (including phenoxy) is 1. The number of aromatic nitrogens is 4. The summed E-state index contributed by atoms with van der Waals surface area (Å²) in [5.41, 5.74) is 1.77. The number of likely N-dealkylation sites (tertiary alicyclic amines) is 1. The summed E-state index contributed by atoms with van der Waals surface area (Å²) >= 11 is 2.72. The lowest BCUT2D eigenvalue weighted by Gasteiger charge is -2.27. The van der Waals surface area contributed by atoms with Crippen molar-refractivity contribution in [3.05, 3.63) is 109 Å². The molecule has 2 aromatic carbocycles. The highest BCUT2D eigenvalue weighted by atomic mass is 32.1. The SMILES string of the molecule is O=C(OC1CCC2(CCN(CCCn3nnc4cc(CNC[C@H](O)c5ccc(O)c6[nH]c(=O)ccc56)ccc43)C2)C1)C(O)(c1cccs1)c1cccs1. The first-order valence-electron chi connectivity index (χ1n) is 18.0. The Morgan fingerprint density at radius 2 is 1.89 bits per heavy atom. The van der Waals surface area contributed by atoms with E-state index in [0.29, 0.717) is 32.8 Å². The van der Waals surface area contributed by atoms with E-state index in [2.05, 4.69) is 25.5 Å². The molecule has 14 heteroatoms. The Labute approximate surface area is 313 Å². The molecule has 5 heterocycles. The largest absolute Gasteiger partial charge is 0.506 e. The maximum atomic E-state index is 13.5. The molecule has 1 saturated heterocycles. The van der Waals surface area contributed by atoms with Crippen LogP contribution in [0.15, 0.2) is 82.3 Å². The molecular weight excluding hydrogens is 713 g/mol. The molecule has 0 radical (unpaired) electrons. The second-order valence-electron chi connectivity index (χ2n) is 14.4. The molecule has 53 heavy (non-hydrogen) atoms. The third-order valence-electron chi connectivity index (χ3n) is 10.9. The summed E-state index contributed by atoms with van der Waals surface area (Å²) in [6.07, 6.45) is 3.61. The zero-order chi connectivity index (χ0) is 36.6. The molecular formula is C39H42N6O6S2. The lowest BCUT2D eigenvalue weighted by Crippen LogP contribution is -2.39. The van der Waals surface area contributed by atoms with Gasteiger partial charge in [0.25, 0.3) is 0 Å². The predicted molar refractivity (Wildman–Crippen MR) is 204 cm³/mol. The molecule has 12 nitrogen and oxygen atoms in total. The van der Waals surface area contributed by atoms with Crippen molar-refractivity contribution in [1.29, 1.82) is 0 Å². The maximum absolute atomic E-state index is 13.5. The number of aromatic hydroxyl groups is 1. The summed E-state index contributed by atoms with van der Waals surface area (Å²) in [6.45, 7) is 4.49. The first-order valence-corrected chi connectivity index (χ1v) is 19.8. The number of pyridine rings is 1. The van der Waals surface area contributed by atoms with Gasteiger partial charge in [0.15, 0.2) is 0 Å². The maximum Gasteiger partial charge on any atom is 0.349 e. The minimum absolute atomic E-state index is 0.0393. The number of benzene rings is 2. The number of hydrogen-bond acceptors (Lipinski definition) is 12. The molecule has 5 N–H and O–H groups in total. The van der Waals surface area contributed by atoms with Gasteiger partial charge in [-0.05, 0) is 109 Å². The quantitative estimate of drug-likeness (QED) is 0.101. The number of phenols is 1. The second kappa shape index (κ2) is 14.8. The average Bonchev–Trinajstić information content (AvgIpc) is 4.01. The number of carbonyl (C=O) groups excluding carboxylic acids is 1. The van der Waals surface area contributed by atoms with E-state index in [0.717, 1.165) is 74.9 Å². The molecule has 1 saturated carbocycles. The average molecular weight is 755 g/mol. The summed E-state index contributed by atoms with van der Waals surface area (Å²) in [5, 5.41) is 49.2. The number of nitrogens with one attached hydrogen (secondary N) is 2. The Balaban J connectivity index is 0.807. The third kappa shape index (κ3) is 7.14. The Morgan fingerprint density at radius 1 is 1.08 bits per heavy atom. The van der Waals surface area contributed by atoms with Gasteiger partial charge >= 0.3 is 5.97 Å². The molecule has 276 valence electrons. The Kier molecular flexibility index (Phi) is 9.91. The number of hydrogen-bond donors (Lipinski definition) is 5. The number of rotatable bonds is 13. The van der Waals surface area contributed by atoms with Gasteiger partial charge in [-0.3, -0.25) is 4.79 Å². The summed E-state index contributed by atoms with van der Waals surface area (Å²) in [5.74, 6) is -0.621. The Bertz CT molecular complexity index is 2240. The summed E-state index contributed by atoms with van der Waals surface area (Å²) in [7, 11) is 0. The lowest BCUT2D eigenvalue weighted by molar-refractivity contribution is -0.167. The van der Waals surface area contributed by atoms with Crippen molar-refractivity contribution in [1.82, 2.24) is 30.2 Å². The van der Waals surface area contributed by atoms with Gasteiger partial charge in [0.1, 0.15) is 17.4 Å². The van der Waals surface area contributed by atoms with Gasteiger partial charge < -0.3 is 35.3 Å². The molecule has 1 aliphatic carbocycles. The van der Waals surface area contributed by atoms with Crippen molar-refractivity contribution in [2.24, 2.45) is 5.41 Å². The number of aliphatic hydroxyl groups is 2. The predicted octanol–water partition coefficient (Wildman–Crippen LogP) is 5.04. The second-order valence-corrected chi connectivity index (χ2v) is 16.3. The Hall–Kier alpha value is -4.44. The smallest absolute Gasteiger partial charge is 0.349 e. The number of aryl methyl sites for hydroxylation is 1. The van der Waals surface area contributed by atoms with Crippen molar-refractivity contribution in [3.8, 4) is 5.75 Å². The highest BCUT2D eigenvalue weighted by molar-refractivity contribution is 7.12. The van der Waals surface area contributed by atoms with E-state index in [-0.39, 0.29) is 29.4 Å². The van der Waals surface area contributed by atoms with E-state index in [1.54, 1.807) is 24.3 Å². The fourth-order valence-electron chi connectivity index (χ4n) is 8.12. The molecule has 0 bridgehead atoms. The van der Waals surface area contributed by atoms with Gasteiger partial charge in [0.2, 0.25) is 11.2 Å². The molecule has 3 atom stereocenters. The van der Waals surface area contributed by atoms with Gasteiger partial charge in [-0.15, -0.1) is 27.8 Å². The molecule has 2 fully saturated rings. The fourth-order valence-corrected chi connectivity index (χ4v) is 9.84. The third-order valence-corrected chi connectivity index (χ3v) is 12.8. The number of fused-ring (bicyclic) bond motifs is 2. The molecule has 1 aliphatic heterocycles. The van der Waals surface area contributed by atoms with Crippen LogP contribution >= 0.6 is 22.7 Å². The molecule has 1 spiro atoms. The number of thiophene rings is 2. The number of aromatic amines is 1. The topological polar surface area (TPSA) is 166 Å². The van der Waals surface area contributed by atoms with Gasteiger partial charge in [0.05, 0.1) is 26.9 Å². The first-order chi connectivity index (χ1) is 25.7.